The summed E-state index contributed by atoms with van der Waals surface area (Å²) in [4.78, 5) is 32.8. The summed E-state index contributed by atoms with van der Waals surface area (Å²) in [6.07, 6.45) is 4.02. The van der Waals surface area contributed by atoms with Gasteiger partial charge in [0, 0.05) is 18.3 Å². The summed E-state index contributed by atoms with van der Waals surface area (Å²) in [5.74, 6) is -1.11. The van der Waals surface area contributed by atoms with E-state index in [1.807, 2.05) is 28.8 Å². The van der Waals surface area contributed by atoms with Gasteiger partial charge in [-0.15, -0.1) is 0 Å². The van der Waals surface area contributed by atoms with E-state index in [1.165, 1.54) is 18.3 Å². The molecule has 2 amide bonds. The molecular formula is C24H19ClFN5O2. The zero-order valence-electron chi connectivity index (χ0n) is 17.4. The minimum absolute atomic E-state index is 0.278. The van der Waals surface area contributed by atoms with Crippen LogP contribution in [0.4, 0.5) is 10.2 Å². The van der Waals surface area contributed by atoms with Crippen molar-refractivity contribution in [1.82, 2.24) is 14.5 Å². The lowest BCUT2D eigenvalue weighted by Crippen LogP contribution is -2.36. The van der Waals surface area contributed by atoms with E-state index in [1.54, 1.807) is 18.5 Å². The van der Waals surface area contributed by atoms with E-state index in [4.69, 9.17) is 17.3 Å². The number of pyridine rings is 1. The number of fused-ring (bicyclic) bond motifs is 1. The maximum absolute atomic E-state index is 13.6. The van der Waals surface area contributed by atoms with Gasteiger partial charge in [0.1, 0.15) is 17.1 Å². The Hall–Kier alpha value is -3.78. The molecule has 1 aliphatic carbocycles. The first-order valence-electron chi connectivity index (χ1n) is 10.3. The summed E-state index contributed by atoms with van der Waals surface area (Å²) in [6, 6.07) is 13.8. The second kappa shape index (κ2) is 7.97. The van der Waals surface area contributed by atoms with Crippen molar-refractivity contribution in [2.24, 2.45) is 11.1 Å². The maximum atomic E-state index is 13.6. The van der Waals surface area contributed by atoms with E-state index in [0.29, 0.717) is 30.0 Å². The molecule has 0 bridgehead atoms. The van der Waals surface area contributed by atoms with Crippen LogP contribution in [0.15, 0.2) is 61.1 Å². The monoisotopic (exact) mass is 463 g/mol. The van der Waals surface area contributed by atoms with Gasteiger partial charge in [-0.25, -0.2) is 14.4 Å². The highest BCUT2D eigenvalue weighted by Gasteiger charge is 2.55. The van der Waals surface area contributed by atoms with E-state index in [0.717, 1.165) is 22.2 Å². The third-order valence-electron chi connectivity index (χ3n) is 5.93. The van der Waals surface area contributed by atoms with E-state index < -0.39 is 17.2 Å². The Balaban J connectivity index is 1.47. The van der Waals surface area contributed by atoms with Crippen molar-refractivity contribution < 1.29 is 14.0 Å². The summed E-state index contributed by atoms with van der Waals surface area (Å²) < 4.78 is 15.5. The second-order valence-corrected chi connectivity index (χ2v) is 8.56. The molecule has 166 valence electrons. The number of amides is 2. The zero-order valence-corrected chi connectivity index (χ0v) is 18.1. The zero-order chi connectivity index (χ0) is 23.2. The molecule has 2 aromatic heterocycles. The van der Waals surface area contributed by atoms with Crippen molar-refractivity contribution in [2.75, 3.05) is 5.32 Å². The fourth-order valence-electron chi connectivity index (χ4n) is 3.86. The number of carbonyl (C=O) groups excluding carboxylic acids is 2. The highest BCUT2D eigenvalue weighted by molar-refractivity contribution is 6.33. The highest BCUT2D eigenvalue weighted by atomic mass is 35.5. The smallest absolute Gasteiger partial charge is 0.241 e. The molecule has 2 heterocycles. The van der Waals surface area contributed by atoms with Gasteiger partial charge in [0.05, 0.1) is 22.4 Å². The molecule has 5 rings (SSSR count). The Bertz CT molecular complexity index is 1410. The number of nitrogens with one attached hydrogen (secondary N) is 1. The van der Waals surface area contributed by atoms with Crippen molar-refractivity contribution in [1.29, 1.82) is 0 Å². The molecule has 33 heavy (non-hydrogen) atoms. The first-order chi connectivity index (χ1) is 15.9. The molecule has 0 radical (unpaired) electrons. The van der Waals surface area contributed by atoms with Gasteiger partial charge in [0.15, 0.2) is 0 Å². The number of halogens is 2. The number of aromatic nitrogens is 3. The molecule has 2 aromatic carbocycles. The molecule has 1 fully saturated rings. The number of nitrogens with zero attached hydrogens (tertiary/aromatic N) is 3. The van der Waals surface area contributed by atoms with Crippen molar-refractivity contribution >= 4 is 40.3 Å². The number of nitrogens with two attached hydrogens (primary N) is 1. The number of carbonyl (C=O) groups is 2. The summed E-state index contributed by atoms with van der Waals surface area (Å²) in [5.41, 5.74) is 8.13. The predicted octanol–water partition coefficient (Wildman–Crippen LogP) is 4.14. The normalized spacial score (nSPS) is 14.2. The Morgan fingerprint density at radius 2 is 1.97 bits per heavy atom. The topological polar surface area (TPSA) is 103 Å². The minimum Gasteiger partial charge on any atom is -0.369 e. The van der Waals surface area contributed by atoms with Gasteiger partial charge < -0.3 is 15.6 Å². The van der Waals surface area contributed by atoms with Gasteiger partial charge in [-0.05, 0) is 54.3 Å². The molecule has 7 nitrogen and oxygen atoms in total. The fourth-order valence-corrected chi connectivity index (χ4v) is 4.07. The largest absolute Gasteiger partial charge is 0.369 e. The number of hydrogen-bond acceptors (Lipinski definition) is 4. The lowest BCUT2D eigenvalue weighted by Gasteiger charge is -2.13. The first-order valence-corrected chi connectivity index (χ1v) is 10.7. The van der Waals surface area contributed by atoms with Crippen molar-refractivity contribution in [3.63, 3.8) is 0 Å². The van der Waals surface area contributed by atoms with Gasteiger partial charge in [0.2, 0.25) is 11.8 Å². The third kappa shape index (κ3) is 3.93. The van der Waals surface area contributed by atoms with E-state index in [2.05, 4.69) is 15.3 Å². The first kappa shape index (κ1) is 21.1. The van der Waals surface area contributed by atoms with Gasteiger partial charge >= 0.3 is 0 Å². The summed E-state index contributed by atoms with van der Waals surface area (Å²) in [5, 5.41) is 3.08. The Labute approximate surface area is 193 Å². The van der Waals surface area contributed by atoms with Crippen LogP contribution in [0.2, 0.25) is 5.02 Å². The number of anilines is 1. The molecule has 0 unspecified atom stereocenters. The van der Waals surface area contributed by atoms with Gasteiger partial charge in [-0.2, -0.15) is 0 Å². The van der Waals surface area contributed by atoms with Crippen LogP contribution in [-0.2, 0) is 16.1 Å². The van der Waals surface area contributed by atoms with E-state index in [9.17, 15) is 14.0 Å². The Kier molecular flexibility index (Phi) is 5.09. The predicted molar refractivity (Wildman–Crippen MR) is 123 cm³/mol. The molecule has 9 heteroatoms. The number of primary amides is 1. The average Bonchev–Trinajstić information content (AvgIpc) is 3.53. The van der Waals surface area contributed by atoms with Crippen LogP contribution in [-0.4, -0.2) is 26.3 Å². The molecular weight excluding hydrogens is 445 g/mol. The molecule has 1 saturated carbocycles. The fraction of sp³-hybridized carbons (Fsp3) is 0.167. The van der Waals surface area contributed by atoms with Gasteiger partial charge in [-0.3, -0.25) is 9.59 Å². The Morgan fingerprint density at radius 3 is 2.70 bits per heavy atom. The summed E-state index contributed by atoms with van der Waals surface area (Å²) in [7, 11) is 0. The van der Waals surface area contributed by atoms with Crippen molar-refractivity contribution in [3.8, 4) is 11.1 Å². The van der Waals surface area contributed by atoms with Crippen LogP contribution < -0.4 is 11.1 Å². The van der Waals surface area contributed by atoms with Crippen LogP contribution in [0.25, 0.3) is 22.2 Å². The van der Waals surface area contributed by atoms with Gasteiger partial charge in [-0.1, -0.05) is 29.8 Å². The molecule has 0 saturated heterocycles. The quantitative estimate of drug-likeness (QED) is 0.419. The molecule has 0 atom stereocenters. The molecule has 3 N–H and O–H groups in total. The number of hydrogen-bond donors (Lipinski definition) is 2. The van der Waals surface area contributed by atoms with Crippen molar-refractivity contribution in [2.45, 2.75) is 19.4 Å². The SMILES string of the molecule is NC(=O)C1(C(=O)Nc2cc(-c3ccc4ncn(Cc5cccc(F)c5)c4c3)c(Cl)cn2)CC1. The van der Waals surface area contributed by atoms with Crippen LogP contribution in [0.5, 0.6) is 0 Å². The molecule has 0 aliphatic heterocycles. The highest BCUT2D eigenvalue weighted by Crippen LogP contribution is 2.46. The van der Waals surface area contributed by atoms with E-state index in [-0.39, 0.29) is 11.6 Å². The third-order valence-corrected chi connectivity index (χ3v) is 6.23. The molecule has 0 spiro atoms. The molecule has 1 aliphatic rings. The van der Waals surface area contributed by atoms with Crippen LogP contribution in [0.1, 0.15) is 18.4 Å². The second-order valence-electron chi connectivity index (χ2n) is 8.16. The lowest BCUT2D eigenvalue weighted by molar-refractivity contribution is -0.132. The van der Waals surface area contributed by atoms with E-state index >= 15 is 0 Å². The average molecular weight is 464 g/mol. The summed E-state index contributed by atoms with van der Waals surface area (Å²) in [6.45, 7) is 0.457. The van der Waals surface area contributed by atoms with Crippen molar-refractivity contribution in [3.05, 3.63) is 77.5 Å². The molecule has 4 aromatic rings. The number of imidazole rings is 1. The summed E-state index contributed by atoms with van der Waals surface area (Å²) >= 11 is 6.42. The number of benzene rings is 2. The Morgan fingerprint density at radius 1 is 1.15 bits per heavy atom. The standard InChI is InChI=1S/C24H19ClFN5O2/c25-18-11-28-21(30-23(33)24(6-7-24)22(27)32)10-17(18)15-4-5-19-20(9-15)31(13-29-19)12-14-2-1-3-16(26)8-14/h1-5,8-11,13H,6-7,12H2,(H2,27,32)(H,28,30,33). The number of rotatable bonds is 6. The lowest BCUT2D eigenvalue weighted by atomic mass is 10.0. The van der Waals surface area contributed by atoms with Crippen LogP contribution >= 0.6 is 11.6 Å². The van der Waals surface area contributed by atoms with Gasteiger partial charge in [0.25, 0.3) is 0 Å². The van der Waals surface area contributed by atoms with Crippen LogP contribution in [0.3, 0.4) is 0 Å². The maximum Gasteiger partial charge on any atom is 0.241 e. The van der Waals surface area contributed by atoms with Crippen LogP contribution in [0, 0.1) is 11.2 Å². The minimum atomic E-state index is -1.15.